The van der Waals surface area contributed by atoms with Gasteiger partial charge in [-0.3, -0.25) is 14.9 Å². The van der Waals surface area contributed by atoms with Gasteiger partial charge in [-0.15, -0.1) is 11.3 Å². The summed E-state index contributed by atoms with van der Waals surface area (Å²) in [5.41, 5.74) is 3.90. The second-order valence-electron chi connectivity index (χ2n) is 5.39. The minimum atomic E-state index is 0.896. The Morgan fingerprint density at radius 2 is 1.73 bits per heavy atom. The molecule has 0 aromatic carbocycles. The Kier molecular flexibility index (Phi) is 4.93. The van der Waals surface area contributed by atoms with Crippen molar-refractivity contribution in [1.29, 1.82) is 0 Å². The Hall–Kier alpha value is -2.04. The number of aryl methyl sites for hydroxylation is 1. The summed E-state index contributed by atoms with van der Waals surface area (Å²) in [7, 11) is 0. The third-order valence-corrected chi connectivity index (χ3v) is 4.63. The first-order valence-electron chi connectivity index (χ1n) is 7.34. The summed E-state index contributed by atoms with van der Waals surface area (Å²) in [6.07, 6.45) is 7.48. The summed E-state index contributed by atoms with van der Waals surface area (Å²) in [5, 5.41) is 2.17. The van der Waals surface area contributed by atoms with Crippen molar-refractivity contribution in [1.82, 2.24) is 14.9 Å². The molecule has 0 N–H and O–H groups in total. The van der Waals surface area contributed by atoms with Crippen LogP contribution in [0.1, 0.15) is 21.6 Å². The Bertz CT molecular complexity index is 653. The molecular weight excluding hydrogens is 290 g/mol. The molecule has 0 fully saturated rings. The van der Waals surface area contributed by atoms with E-state index in [1.807, 2.05) is 42.2 Å². The maximum absolute atomic E-state index is 4.23. The van der Waals surface area contributed by atoms with Crippen LogP contribution in [0.5, 0.6) is 0 Å². The van der Waals surface area contributed by atoms with Crippen molar-refractivity contribution in [2.24, 2.45) is 0 Å². The van der Waals surface area contributed by atoms with Gasteiger partial charge in [0.15, 0.2) is 0 Å². The number of hydrogen-bond donors (Lipinski definition) is 0. The molecule has 0 atom stereocenters. The fraction of sp³-hybridized carbons (Fsp3) is 0.222. The molecule has 0 aliphatic carbocycles. The molecule has 0 aliphatic rings. The maximum atomic E-state index is 4.23. The molecule has 0 radical (unpaired) electrons. The smallest absolute Gasteiger partial charge is 0.0337 e. The van der Waals surface area contributed by atoms with Crippen molar-refractivity contribution < 1.29 is 0 Å². The van der Waals surface area contributed by atoms with Gasteiger partial charge in [-0.2, -0.15) is 0 Å². The minimum absolute atomic E-state index is 0.896. The van der Waals surface area contributed by atoms with Crippen LogP contribution in [0.4, 0.5) is 0 Å². The van der Waals surface area contributed by atoms with Crippen LogP contribution < -0.4 is 0 Å². The van der Waals surface area contributed by atoms with E-state index in [4.69, 9.17) is 0 Å². The summed E-state index contributed by atoms with van der Waals surface area (Å²) in [4.78, 5) is 12.2. The van der Waals surface area contributed by atoms with E-state index >= 15 is 0 Å². The zero-order chi connectivity index (χ0) is 15.2. The quantitative estimate of drug-likeness (QED) is 0.688. The minimum Gasteiger partial charge on any atom is -0.290 e. The van der Waals surface area contributed by atoms with Crippen molar-refractivity contribution in [3.05, 3.63) is 82.1 Å². The molecule has 3 rings (SSSR count). The molecule has 0 saturated heterocycles. The number of nitrogens with zero attached hydrogens (tertiary/aromatic N) is 3. The first-order chi connectivity index (χ1) is 10.8. The maximum Gasteiger partial charge on any atom is 0.0337 e. The fourth-order valence-corrected chi connectivity index (χ4v) is 3.38. The van der Waals surface area contributed by atoms with Gasteiger partial charge in [-0.25, -0.2) is 0 Å². The van der Waals surface area contributed by atoms with Gasteiger partial charge in [0, 0.05) is 49.3 Å². The summed E-state index contributed by atoms with van der Waals surface area (Å²) in [6.45, 7) is 4.95. The van der Waals surface area contributed by atoms with Gasteiger partial charge >= 0.3 is 0 Å². The van der Waals surface area contributed by atoms with E-state index < -0.39 is 0 Å². The van der Waals surface area contributed by atoms with Gasteiger partial charge in [0.2, 0.25) is 0 Å². The van der Waals surface area contributed by atoms with Crippen molar-refractivity contribution in [2.45, 2.75) is 26.6 Å². The van der Waals surface area contributed by atoms with Crippen molar-refractivity contribution in [3.63, 3.8) is 0 Å². The second-order valence-corrected chi connectivity index (χ2v) is 6.39. The zero-order valence-electron chi connectivity index (χ0n) is 12.6. The number of pyridine rings is 2. The molecule has 0 unspecified atom stereocenters. The van der Waals surface area contributed by atoms with Gasteiger partial charge in [0.05, 0.1) is 0 Å². The predicted octanol–water partition coefficient (Wildman–Crippen LogP) is 4.05. The predicted molar refractivity (Wildman–Crippen MR) is 90.5 cm³/mol. The molecule has 3 aromatic rings. The Labute approximate surface area is 135 Å². The van der Waals surface area contributed by atoms with Crippen molar-refractivity contribution >= 4 is 11.3 Å². The van der Waals surface area contributed by atoms with Crippen LogP contribution in [0.2, 0.25) is 0 Å². The fourth-order valence-electron chi connectivity index (χ4n) is 2.43. The van der Waals surface area contributed by atoms with E-state index in [9.17, 15) is 0 Å². The van der Waals surface area contributed by atoms with Crippen LogP contribution in [-0.2, 0) is 19.6 Å². The zero-order valence-corrected chi connectivity index (χ0v) is 13.5. The van der Waals surface area contributed by atoms with Crippen LogP contribution in [0.15, 0.2) is 60.5 Å². The van der Waals surface area contributed by atoms with Crippen LogP contribution >= 0.6 is 11.3 Å². The lowest BCUT2D eigenvalue weighted by Crippen LogP contribution is -2.22. The molecule has 0 saturated carbocycles. The van der Waals surface area contributed by atoms with Gasteiger partial charge in [-0.05, 0) is 53.3 Å². The first kappa shape index (κ1) is 14.9. The van der Waals surface area contributed by atoms with Crippen LogP contribution in [0.3, 0.4) is 0 Å². The number of thiophene rings is 1. The lowest BCUT2D eigenvalue weighted by atomic mass is 10.2. The van der Waals surface area contributed by atoms with Crippen molar-refractivity contribution in [2.75, 3.05) is 0 Å². The van der Waals surface area contributed by atoms with Crippen LogP contribution in [0.25, 0.3) is 0 Å². The lowest BCUT2D eigenvalue weighted by molar-refractivity contribution is 0.249. The molecule has 0 bridgehead atoms. The number of aromatic nitrogens is 2. The topological polar surface area (TPSA) is 29.0 Å². The second kappa shape index (κ2) is 7.29. The Morgan fingerprint density at radius 3 is 2.41 bits per heavy atom. The largest absolute Gasteiger partial charge is 0.290 e. The van der Waals surface area contributed by atoms with Crippen molar-refractivity contribution in [3.8, 4) is 0 Å². The molecule has 3 aromatic heterocycles. The highest BCUT2D eigenvalue weighted by molar-refractivity contribution is 7.10. The van der Waals surface area contributed by atoms with Gasteiger partial charge < -0.3 is 0 Å². The highest BCUT2D eigenvalue weighted by atomic mass is 32.1. The summed E-state index contributed by atoms with van der Waals surface area (Å²) in [5.74, 6) is 0. The molecule has 0 amide bonds. The number of rotatable bonds is 6. The molecular formula is C18H19N3S. The molecule has 3 nitrogen and oxygen atoms in total. The van der Waals surface area contributed by atoms with E-state index in [1.54, 1.807) is 0 Å². The average molecular weight is 309 g/mol. The van der Waals surface area contributed by atoms with E-state index in [0.717, 1.165) is 19.6 Å². The van der Waals surface area contributed by atoms with Crippen LogP contribution in [0, 0.1) is 6.92 Å². The monoisotopic (exact) mass is 309 g/mol. The normalized spacial score (nSPS) is 11.0. The van der Waals surface area contributed by atoms with Gasteiger partial charge in [0.25, 0.3) is 0 Å². The third-order valence-electron chi connectivity index (χ3n) is 3.62. The Balaban J connectivity index is 1.77. The molecule has 3 heterocycles. The number of hydrogen-bond acceptors (Lipinski definition) is 4. The molecule has 112 valence electrons. The summed E-state index contributed by atoms with van der Waals surface area (Å²) >= 11 is 1.83. The summed E-state index contributed by atoms with van der Waals surface area (Å²) in [6, 6.07) is 10.5. The third kappa shape index (κ3) is 4.00. The standard InChI is InChI=1S/C18H19N3S/c1-15-6-10-22-18(15)14-21(12-16-4-8-19-9-5-16)13-17-3-2-7-20-11-17/h2-11H,12-14H2,1H3. The molecule has 22 heavy (non-hydrogen) atoms. The SMILES string of the molecule is Cc1ccsc1CN(Cc1ccncc1)Cc1cccnc1. The highest BCUT2D eigenvalue weighted by Gasteiger charge is 2.11. The molecule has 4 heteroatoms. The van der Waals surface area contributed by atoms with Gasteiger partial charge in [-0.1, -0.05) is 6.07 Å². The first-order valence-corrected chi connectivity index (χ1v) is 8.22. The van der Waals surface area contributed by atoms with Crippen LogP contribution in [-0.4, -0.2) is 14.9 Å². The van der Waals surface area contributed by atoms with E-state index in [1.165, 1.54) is 21.6 Å². The lowest BCUT2D eigenvalue weighted by Gasteiger charge is -2.22. The Morgan fingerprint density at radius 1 is 0.909 bits per heavy atom. The average Bonchev–Trinajstić information content (AvgIpc) is 2.94. The van der Waals surface area contributed by atoms with E-state index in [-0.39, 0.29) is 0 Å². The summed E-state index contributed by atoms with van der Waals surface area (Å²) < 4.78 is 0. The van der Waals surface area contributed by atoms with E-state index in [2.05, 4.69) is 51.4 Å². The van der Waals surface area contributed by atoms with E-state index in [0.29, 0.717) is 0 Å². The molecule has 0 spiro atoms. The molecule has 0 aliphatic heterocycles. The van der Waals surface area contributed by atoms with Gasteiger partial charge in [0.1, 0.15) is 0 Å². The highest BCUT2D eigenvalue weighted by Crippen LogP contribution is 2.20.